The molecule has 1 fully saturated rings. The Morgan fingerprint density at radius 2 is 2.06 bits per heavy atom. The zero-order valence-corrected chi connectivity index (χ0v) is 13.0. The van der Waals surface area contributed by atoms with Crippen LogP contribution < -0.4 is 0 Å². The highest BCUT2D eigenvalue weighted by atomic mass is 79.9. The molecular weight excluding hydrogens is 318 g/mol. The van der Waals surface area contributed by atoms with Crippen molar-refractivity contribution in [2.45, 2.75) is 37.1 Å². The summed E-state index contributed by atoms with van der Waals surface area (Å²) in [6.07, 6.45) is 8.57. The molecule has 0 spiro atoms. The molecule has 0 N–H and O–H groups in total. The molecule has 2 rings (SSSR count). The maximum Gasteiger partial charge on any atom is 0.0961 e. The van der Waals surface area contributed by atoms with Gasteiger partial charge in [-0.3, -0.25) is 0 Å². The fourth-order valence-electron chi connectivity index (χ4n) is 2.29. The lowest BCUT2D eigenvalue weighted by atomic mass is 9.77. The minimum absolute atomic E-state index is 0.476. The van der Waals surface area contributed by atoms with Crippen LogP contribution in [0.3, 0.4) is 0 Å². The normalized spacial score (nSPS) is 19.2. The van der Waals surface area contributed by atoms with Gasteiger partial charge in [-0.1, -0.05) is 46.8 Å². The number of nitrogens with zero attached hydrogens (tertiary/aromatic N) is 1. The first-order valence-electron chi connectivity index (χ1n) is 6.04. The average molecular weight is 335 g/mol. The maximum atomic E-state index is 5.84. The van der Waals surface area contributed by atoms with Crippen molar-refractivity contribution in [1.82, 2.24) is 4.98 Å². The van der Waals surface area contributed by atoms with Gasteiger partial charge in [-0.05, 0) is 30.4 Å². The molecule has 1 aromatic heterocycles. The lowest BCUT2D eigenvalue weighted by molar-refractivity contribution is 0.260. The van der Waals surface area contributed by atoms with E-state index < -0.39 is 0 Å². The van der Waals surface area contributed by atoms with Crippen LogP contribution in [0, 0.1) is 5.41 Å². The van der Waals surface area contributed by atoms with Gasteiger partial charge < -0.3 is 0 Å². The smallest absolute Gasteiger partial charge is 0.0961 e. The predicted molar refractivity (Wildman–Crippen MR) is 79.3 cm³/mol. The zero-order chi connectivity index (χ0) is 12.1. The Morgan fingerprint density at radius 1 is 1.29 bits per heavy atom. The van der Waals surface area contributed by atoms with E-state index in [4.69, 9.17) is 11.6 Å². The van der Waals surface area contributed by atoms with Gasteiger partial charge in [0, 0.05) is 17.3 Å². The summed E-state index contributed by atoms with van der Waals surface area (Å²) in [5.74, 6) is 1.16. The molecule has 17 heavy (non-hydrogen) atoms. The quantitative estimate of drug-likeness (QED) is 0.556. The van der Waals surface area contributed by atoms with E-state index in [2.05, 4.69) is 20.9 Å². The van der Waals surface area contributed by atoms with Crippen molar-refractivity contribution in [3.8, 4) is 0 Å². The van der Waals surface area contributed by atoms with Crippen LogP contribution in [0.2, 0.25) is 5.02 Å². The number of pyridine rings is 1. The van der Waals surface area contributed by atoms with Gasteiger partial charge in [-0.25, -0.2) is 4.98 Å². The second kappa shape index (κ2) is 6.44. The number of rotatable bonds is 4. The van der Waals surface area contributed by atoms with Crippen molar-refractivity contribution in [3.05, 3.63) is 23.4 Å². The van der Waals surface area contributed by atoms with Crippen molar-refractivity contribution in [2.24, 2.45) is 5.41 Å². The second-order valence-electron chi connectivity index (χ2n) is 4.80. The zero-order valence-electron chi connectivity index (χ0n) is 9.79. The third-order valence-electron chi connectivity index (χ3n) is 3.42. The highest BCUT2D eigenvalue weighted by Gasteiger charge is 2.30. The Labute approximate surface area is 121 Å². The van der Waals surface area contributed by atoms with Gasteiger partial charge >= 0.3 is 0 Å². The van der Waals surface area contributed by atoms with Crippen molar-refractivity contribution in [3.63, 3.8) is 0 Å². The number of hydrogen-bond acceptors (Lipinski definition) is 2. The Hall–Kier alpha value is 0.270. The third-order valence-corrected chi connectivity index (χ3v) is 6.13. The fraction of sp³-hybridized carbons (Fsp3) is 0.615. The number of thioether (sulfide) groups is 1. The van der Waals surface area contributed by atoms with Crippen molar-refractivity contribution >= 4 is 39.3 Å². The van der Waals surface area contributed by atoms with Crippen LogP contribution in [0.4, 0.5) is 0 Å². The Bertz CT molecular complexity index is 349. The SMILES string of the molecule is Clc1ccc(SCC2(CBr)CCCCC2)nc1. The van der Waals surface area contributed by atoms with E-state index in [1.54, 1.807) is 6.20 Å². The first kappa shape index (κ1) is 13.7. The predicted octanol–water partition coefficient (Wildman–Crippen LogP) is 5.17. The van der Waals surface area contributed by atoms with Gasteiger partial charge in [0.15, 0.2) is 0 Å². The third kappa shape index (κ3) is 3.87. The van der Waals surface area contributed by atoms with Crippen LogP contribution in [-0.2, 0) is 0 Å². The first-order chi connectivity index (χ1) is 8.24. The molecule has 1 nitrogen and oxygen atoms in total. The van der Waals surface area contributed by atoms with E-state index in [0.717, 1.165) is 16.1 Å². The standard InChI is InChI=1S/C13H17BrClNS/c14-9-13(6-2-1-3-7-13)10-17-12-5-4-11(15)8-16-12/h4-5,8H,1-3,6-7,9-10H2. The van der Waals surface area contributed by atoms with E-state index in [0.29, 0.717) is 10.4 Å². The van der Waals surface area contributed by atoms with Crippen LogP contribution in [0.1, 0.15) is 32.1 Å². The van der Waals surface area contributed by atoms with Gasteiger partial charge in [0.1, 0.15) is 0 Å². The lowest BCUT2D eigenvalue weighted by Crippen LogP contribution is -2.28. The minimum atomic E-state index is 0.476. The molecule has 0 saturated heterocycles. The monoisotopic (exact) mass is 333 g/mol. The van der Waals surface area contributed by atoms with Crippen molar-refractivity contribution in [1.29, 1.82) is 0 Å². The maximum absolute atomic E-state index is 5.84. The number of aromatic nitrogens is 1. The van der Waals surface area contributed by atoms with Gasteiger partial charge in [-0.15, -0.1) is 11.8 Å². The van der Waals surface area contributed by atoms with Crippen molar-refractivity contribution < 1.29 is 0 Å². The summed E-state index contributed by atoms with van der Waals surface area (Å²) in [6, 6.07) is 3.93. The van der Waals surface area contributed by atoms with E-state index in [1.165, 1.54) is 32.1 Å². The number of alkyl halides is 1. The van der Waals surface area contributed by atoms with Gasteiger partial charge in [0.25, 0.3) is 0 Å². The Balaban J connectivity index is 1.93. The van der Waals surface area contributed by atoms with Crippen molar-refractivity contribution in [2.75, 3.05) is 11.1 Å². The highest BCUT2D eigenvalue weighted by Crippen LogP contribution is 2.41. The summed E-state index contributed by atoms with van der Waals surface area (Å²) >= 11 is 11.4. The van der Waals surface area contributed by atoms with E-state index in [1.807, 2.05) is 23.9 Å². The van der Waals surface area contributed by atoms with E-state index in [-0.39, 0.29) is 0 Å². The molecule has 0 bridgehead atoms. The highest BCUT2D eigenvalue weighted by molar-refractivity contribution is 9.09. The molecule has 1 saturated carbocycles. The molecule has 0 aliphatic heterocycles. The Morgan fingerprint density at radius 3 is 2.65 bits per heavy atom. The molecule has 4 heteroatoms. The lowest BCUT2D eigenvalue weighted by Gasteiger charge is -2.35. The molecule has 0 amide bonds. The molecule has 1 aliphatic carbocycles. The minimum Gasteiger partial charge on any atom is -0.248 e. The summed E-state index contributed by atoms with van der Waals surface area (Å²) in [6.45, 7) is 0. The van der Waals surface area contributed by atoms with Gasteiger partial charge in [-0.2, -0.15) is 0 Å². The summed E-state index contributed by atoms with van der Waals surface area (Å²) in [5, 5.41) is 2.91. The Kier molecular flexibility index (Phi) is 5.19. The van der Waals surface area contributed by atoms with Gasteiger partial charge in [0.2, 0.25) is 0 Å². The number of hydrogen-bond donors (Lipinski definition) is 0. The first-order valence-corrected chi connectivity index (χ1v) is 8.53. The van der Waals surface area contributed by atoms with E-state index >= 15 is 0 Å². The summed E-state index contributed by atoms with van der Waals surface area (Å²) < 4.78 is 0. The van der Waals surface area contributed by atoms with Crippen LogP contribution in [0.25, 0.3) is 0 Å². The average Bonchev–Trinajstić information content (AvgIpc) is 2.39. The number of halogens is 2. The summed E-state index contributed by atoms with van der Waals surface area (Å²) in [5.41, 5.74) is 0.476. The molecule has 0 radical (unpaired) electrons. The van der Waals surface area contributed by atoms with Gasteiger partial charge in [0.05, 0.1) is 10.0 Å². The molecule has 94 valence electrons. The molecule has 0 atom stereocenters. The van der Waals surface area contributed by atoms with Crippen LogP contribution in [-0.4, -0.2) is 16.1 Å². The fourth-order valence-corrected chi connectivity index (χ4v) is 4.56. The van der Waals surface area contributed by atoms with Crippen LogP contribution >= 0.6 is 39.3 Å². The molecule has 1 heterocycles. The second-order valence-corrected chi connectivity index (χ2v) is 6.79. The molecule has 1 aromatic rings. The topological polar surface area (TPSA) is 12.9 Å². The summed E-state index contributed by atoms with van der Waals surface area (Å²) in [4.78, 5) is 4.34. The summed E-state index contributed by atoms with van der Waals surface area (Å²) in [7, 11) is 0. The van der Waals surface area contributed by atoms with Crippen LogP contribution in [0.5, 0.6) is 0 Å². The van der Waals surface area contributed by atoms with Crippen LogP contribution in [0.15, 0.2) is 23.4 Å². The van der Waals surface area contributed by atoms with E-state index in [9.17, 15) is 0 Å². The molecule has 0 unspecified atom stereocenters. The largest absolute Gasteiger partial charge is 0.248 e. The molecule has 0 aromatic carbocycles. The molecular formula is C13H17BrClNS. The molecule has 1 aliphatic rings.